The second-order valence-corrected chi connectivity index (χ2v) is 4.94. The topological polar surface area (TPSA) is 25.2 Å². The van der Waals surface area contributed by atoms with Crippen molar-refractivity contribution in [1.82, 2.24) is 0 Å². The molecule has 1 N–H and O–H groups in total. The van der Waals surface area contributed by atoms with E-state index in [1.807, 2.05) is 12.1 Å². The molecule has 98 valence electrons. The molecule has 0 spiro atoms. The molecule has 1 aromatic heterocycles. The van der Waals surface area contributed by atoms with Crippen LogP contribution in [0.1, 0.15) is 26.2 Å². The van der Waals surface area contributed by atoms with Crippen molar-refractivity contribution in [1.29, 1.82) is 0 Å². The summed E-state index contributed by atoms with van der Waals surface area (Å²) < 4.78 is 5.82. The van der Waals surface area contributed by atoms with Gasteiger partial charge in [0.25, 0.3) is 0 Å². The summed E-state index contributed by atoms with van der Waals surface area (Å²) in [5.74, 6) is 0. The fraction of sp³-hybridized carbons (Fsp3) is 0.294. The Hall–Kier alpha value is -1.96. The van der Waals surface area contributed by atoms with Crippen molar-refractivity contribution in [3.8, 4) is 0 Å². The van der Waals surface area contributed by atoms with Gasteiger partial charge in [-0.3, -0.25) is 0 Å². The van der Waals surface area contributed by atoms with Crippen molar-refractivity contribution in [2.75, 3.05) is 11.9 Å². The van der Waals surface area contributed by atoms with Gasteiger partial charge in [-0.05, 0) is 30.7 Å². The minimum Gasteiger partial charge on any atom is -0.456 e. The predicted octanol–water partition coefficient (Wildman–Crippen LogP) is 5.19. The van der Waals surface area contributed by atoms with Crippen molar-refractivity contribution < 1.29 is 4.42 Å². The minimum atomic E-state index is 0.959. The van der Waals surface area contributed by atoms with E-state index in [0.29, 0.717) is 0 Å². The molecule has 0 amide bonds. The van der Waals surface area contributed by atoms with Crippen LogP contribution >= 0.6 is 0 Å². The third kappa shape index (κ3) is 2.43. The molecule has 2 nitrogen and oxygen atoms in total. The van der Waals surface area contributed by atoms with Crippen LogP contribution in [0.2, 0.25) is 0 Å². The van der Waals surface area contributed by atoms with E-state index >= 15 is 0 Å². The van der Waals surface area contributed by atoms with E-state index in [1.54, 1.807) is 0 Å². The lowest BCUT2D eigenvalue weighted by molar-refractivity contribution is 0.669. The van der Waals surface area contributed by atoms with Crippen molar-refractivity contribution in [3.63, 3.8) is 0 Å². The van der Waals surface area contributed by atoms with Crippen molar-refractivity contribution in [3.05, 3.63) is 42.5 Å². The first-order chi connectivity index (χ1) is 9.38. The van der Waals surface area contributed by atoms with Gasteiger partial charge in [0.2, 0.25) is 0 Å². The Morgan fingerprint density at radius 2 is 1.79 bits per heavy atom. The van der Waals surface area contributed by atoms with Gasteiger partial charge >= 0.3 is 0 Å². The molecule has 0 atom stereocenters. The van der Waals surface area contributed by atoms with Crippen LogP contribution in [0.3, 0.4) is 0 Å². The van der Waals surface area contributed by atoms with Crippen LogP contribution in [0.25, 0.3) is 21.9 Å². The summed E-state index contributed by atoms with van der Waals surface area (Å²) in [7, 11) is 0. The largest absolute Gasteiger partial charge is 0.456 e. The van der Waals surface area contributed by atoms with Gasteiger partial charge in [-0.25, -0.2) is 0 Å². The summed E-state index contributed by atoms with van der Waals surface area (Å²) in [6.45, 7) is 3.26. The summed E-state index contributed by atoms with van der Waals surface area (Å²) in [6, 6.07) is 14.5. The fourth-order valence-electron chi connectivity index (χ4n) is 2.44. The average molecular weight is 253 g/mol. The van der Waals surface area contributed by atoms with E-state index in [4.69, 9.17) is 4.42 Å². The first-order valence-electron chi connectivity index (χ1n) is 7.03. The predicted molar refractivity (Wildman–Crippen MR) is 81.7 cm³/mol. The molecule has 0 aliphatic heterocycles. The number of rotatable bonds is 5. The Kier molecular flexibility index (Phi) is 3.41. The van der Waals surface area contributed by atoms with Crippen LogP contribution in [0.4, 0.5) is 5.69 Å². The average Bonchev–Trinajstić information content (AvgIpc) is 2.82. The zero-order valence-corrected chi connectivity index (χ0v) is 11.3. The van der Waals surface area contributed by atoms with Crippen LogP contribution in [-0.2, 0) is 0 Å². The summed E-state index contributed by atoms with van der Waals surface area (Å²) in [5.41, 5.74) is 3.09. The Balaban J connectivity index is 1.89. The minimum absolute atomic E-state index is 0.959. The SMILES string of the molecule is CCCCCNc1ccc2oc3ccccc3c2c1. The smallest absolute Gasteiger partial charge is 0.135 e. The molecule has 0 aliphatic carbocycles. The zero-order chi connectivity index (χ0) is 13.1. The molecule has 0 unspecified atom stereocenters. The van der Waals surface area contributed by atoms with E-state index in [1.165, 1.54) is 35.7 Å². The lowest BCUT2D eigenvalue weighted by atomic mass is 10.1. The highest BCUT2D eigenvalue weighted by Gasteiger charge is 2.06. The lowest BCUT2D eigenvalue weighted by Crippen LogP contribution is -2.00. The van der Waals surface area contributed by atoms with Crippen molar-refractivity contribution in [2.45, 2.75) is 26.2 Å². The third-order valence-corrected chi connectivity index (χ3v) is 3.49. The molecule has 2 aromatic carbocycles. The maximum Gasteiger partial charge on any atom is 0.135 e. The fourth-order valence-corrected chi connectivity index (χ4v) is 2.44. The maximum atomic E-state index is 5.82. The van der Waals surface area contributed by atoms with Crippen molar-refractivity contribution in [2.24, 2.45) is 0 Å². The Labute approximate surface area is 113 Å². The normalized spacial score (nSPS) is 11.2. The Morgan fingerprint density at radius 3 is 2.68 bits per heavy atom. The molecule has 0 radical (unpaired) electrons. The highest BCUT2D eigenvalue weighted by Crippen LogP contribution is 2.30. The van der Waals surface area contributed by atoms with E-state index < -0.39 is 0 Å². The lowest BCUT2D eigenvalue weighted by Gasteiger charge is -2.05. The molecule has 2 heteroatoms. The van der Waals surface area contributed by atoms with Gasteiger partial charge in [0.05, 0.1) is 0 Å². The van der Waals surface area contributed by atoms with Crippen LogP contribution in [-0.4, -0.2) is 6.54 Å². The summed E-state index contributed by atoms with van der Waals surface area (Å²) in [6.07, 6.45) is 3.76. The van der Waals surface area contributed by atoms with E-state index in [2.05, 4.69) is 42.6 Å². The highest BCUT2D eigenvalue weighted by atomic mass is 16.3. The first kappa shape index (κ1) is 12.1. The van der Waals surface area contributed by atoms with E-state index in [-0.39, 0.29) is 0 Å². The standard InChI is InChI=1S/C17H19NO/c1-2-3-6-11-18-13-9-10-17-15(12-13)14-7-4-5-8-16(14)19-17/h4-5,7-10,12,18H,2-3,6,11H2,1H3. The third-order valence-electron chi connectivity index (χ3n) is 3.49. The number of unbranched alkanes of at least 4 members (excludes halogenated alkanes) is 2. The summed E-state index contributed by atoms with van der Waals surface area (Å²) >= 11 is 0. The second kappa shape index (κ2) is 5.35. The number of anilines is 1. The van der Waals surface area contributed by atoms with Gasteiger partial charge < -0.3 is 9.73 Å². The maximum absolute atomic E-state index is 5.82. The van der Waals surface area contributed by atoms with Gasteiger partial charge in [-0.2, -0.15) is 0 Å². The molecular weight excluding hydrogens is 234 g/mol. The molecule has 0 fully saturated rings. The molecule has 0 saturated carbocycles. The van der Waals surface area contributed by atoms with E-state index in [9.17, 15) is 0 Å². The van der Waals surface area contributed by atoms with Crippen molar-refractivity contribution >= 4 is 27.6 Å². The molecule has 3 rings (SSSR count). The number of benzene rings is 2. The molecule has 0 saturated heterocycles. The van der Waals surface area contributed by atoms with Crippen LogP contribution < -0.4 is 5.32 Å². The number of nitrogens with one attached hydrogen (secondary N) is 1. The van der Waals surface area contributed by atoms with Gasteiger partial charge in [0.1, 0.15) is 11.2 Å². The van der Waals surface area contributed by atoms with Crippen LogP contribution in [0.15, 0.2) is 46.9 Å². The Bertz CT molecular complexity index is 684. The molecule has 19 heavy (non-hydrogen) atoms. The van der Waals surface area contributed by atoms with Gasteiger partial charge in [0.15, 0.2) is 0 Å². The van der Waals surface area contributed by atoms with Crippen LogP contribution in [0, 0.1) is 0 Å². The number of furan rings is 1. The molecule has 0 aliphatic rings. The monoisotopic (exact) mass is 253 g/mol. The quantitative estimate of drug-likeness (QED) is 0.633. The first-order valence-corrected chi connectivity index (χ1v) is 7.03. The highest BCUT2D eigenvalue weighted by molar-refractivity contribution is 6.05. The zero-order valence-electron chi connectivity index (χ0n) is 11.3. The Morgan fingerprint density at radius 1 is 0.947 bits per heavy atom. The molecule has 3 aromatic rings. The number of hydrogen-bond acceptors (Lipinski definition) is 2. The second-order valence-electron chi connectivity index (χ2n) is 4.94. The molecular formula is C17H19NO. The number of para-hydroxylation sites is 1. The molecule has 0 bridgehead atoms. The molecule has 1 heterocycles. The summed E-state index contributed by atoms with van der Waals surface area (Å²) in [5, 5.41) is 5.86. The number of fused-ring (bicyclic) bond motifs is 3. The van der Waals surface area contributed by atoms with Gasteiger partial charge in [-0.1, -0.05) is 38.0 Å². The van der Waals surface area contributed by atoms with E-state index in [0.717, 1.165) is 17.7 Å². The van der Waals surface area contributed by atoms with Crippen LogP contribution in [0.5, 0.6) is 0 Å². The number of hydrogen-bond donors (Lipinski definition) is 1. The summed E-state index contributed by atoms with van der Waals surface area (Å²) in [4.78, 5) is 0. The van der Waals surface area contributed by atoms with Gasteiger partial charge in [0, 0.05) is 23.0 Å². The van der Waals surface area contributed by atoms with Gasteiger partial charge in [-0.15, -0.1) is 0 Å².